The Labute approximate surface area is 148 Å². The summed E-state index contributed by atoms with van der Waals surface area (Å²) in [5.41, 5.74) is 1.86. The minimum Gasteiger partial charge on any atom is -0.346 e. The molecule has 26 heavy (non-hydrogen) atoms. The van der Waals surface area contributed by atoms with Crippen LogP contribution in [-0.4, -0.2) is 53.1 Å². The number of carbonyl (C=O) groups is 1. The van der Waals surface area contributed by atoms with Crippen LogP contribution in [0.3, 0.4) is 0 Å². The van der Waals surface area contributed by atoms with Crippen LogP contribution in [0.1, 0.15) is 24.8 Å². The van der Waals surface area contributed by atoms with Gasteiger partial charge in [-0.3, -0.25) is 14.8 Å². The number of fused-ring (bicyclic) bond motifs is 1. The van der Waals surface area contributed by atoms with E-state index in [1.807, 2.05) is 0 Å². The Kier molecular flexibility index (Phi) is 4.86. The lowest BCUT2D eigenvalue weighted by Gasteiger charge is -2.35. The van der Waals surface area contributed by atoms with Crippen molar-refractivity contribution in [3.8, 4) is 0 Å². The molecule has 3 heterocycles. The van der Waals surface area contributed by atoms with Gasteiger partial charge in [0.2, 0.25) is 5.91 Å². The fraction of sp³-hybridized carbons (Fsp3) is 0.438. The predicted octanol–water partition coefficient (Wildman–Crippen LogP) is 2.42. The van der Waals surface area contributed by atoms with Gasteiger partial charge in [-0.2, -0.15) is 13.2 Å². The third-order valence-electron chi connectivity index (χ3n) is 4.48. The lowest BCUT2D eigenvalue weighted by Crippen LogP contribution is -2.42. The zero-order valence-corrected chi connectivity index (χ0v) is 14.0. The van der Waals surface area contributed by atoms with E-state index < -0.39 is 18.5 Å². The summed E-state index contributed by atoms with van der Waals surface area (Å²) in [5, 5.41) is 1.32. The molecule has 1 atom stereocenters. The number of piperidine rings is 1. The van der Waals surface area contributed by atoms with Crippen LogP contribution in [0.4, 0.5) is 19.0 Å². The summed E-state index contributed by atoms with van der Waals surface area (Å²) < 4.78 is 37.6. The van der Waals surface area contributed by atoms with Crippen LogP contribution < -0.4 is 5.84 Å². The molecule has 10 heteroatoms. The molecule has 0 saturated carbocycles. The number of nitrogens with two attached hydrogens (primary N) is 1. The van der Waals surface area contributed by atoms with E-state index in [0.717, 1.165) is 5.56 Å². The molecular weight excluding hydrogens is 349 g/mol. The molecule has 3 rings (SSSR count). The zero-order chi connectivity index (χ0) is 18.9. The van der Waals surface area contributed by atoms with Crippen molar-refractivity contribution in [2.75, 3.05) is 13.1 Å². The number of H-pyrrole nitrogens is 1. The molecule has 0 radical (unpaired) electrons. The number of likely N-dealkylation sites (tertiary alicyclic amines) is 1. The summed E-state index contributed by atoms with van der Waals surface area (Å²) in [5.74, 6) is 5.44. The summed E-state index contributed by atoms with van der Waals surface area (Å²) in [4.78, 5) is 24.4. The van der Waals surface area contributed by atoms with Crippen LogP contribution in [0.2, 0.25) is 0 Å². The van der Waals surface area contributed by atoms with E-state index in [9.17, 15) is 18.0 Å². The van der Waals surface area contributed by atoms with Crippen molar-refractivity contribution in [3.63, 3.8) is 0 Å². The molecule has 1 saturated heterocycles. The van der Waals surface area contributed by atoms with Gasteiger partial charge in [-0.05, 0) is 25.6 Å². The van der Waals surface area contributed by atoms with Crippen molar-refractivity contribution in [1.82, 2.24) is 14.9 Å². The van der Waals surface area contributed by atoms with E-state index in [1.54, 1.807) is 12.3 Å². The molecule has 0 aromatic carbocycles. The Bertz CT molecular complexity index is 766. The molecule has 140 valence electrons. The molecular formula is C16H19F3N6O. The highest BCUT2D eigenvalue weighted by molar-refractivity contribution is 5.87. The highest BCUT2D eigenvalue weighted by Crippen LogP contribution is 2.37. The minimum absolute atomic E-state index is 0.150. The SMILES string of the molecule is C=N/C(=C1/c2cc[nH]c2N=CN1N)C1CCCN(C(=O)CC(F)(F)F)C1. The van der Waals surface area contributed by atoms with Gasteiger partial charge in [-0.1, -0.05) is 0 Å². The average Bonchev–Trinajstić information content (AvgIpc) is 3.05. The molecule has 1 fully saturated rings. The molecule has 7 nitrogen and oxygen atoms in total. The predicted molar refractivity (Wildman–Crippen MR) is 91.4 cm³/mol. The van der Waals surface area contributed by atoms with E-state index in [1.165, 1.54) is 16.2 Å². The normalized spacial score (nSPS) is 22.2. The Morgan fingerprint density at radius 3 is 2.96 bits per heavy atom. The molecule has 0 aliphatic carbocycles. The molecule has 0 spiro atoms. The van der Waals surface area contributed by atoms with Gasteiger partial charge in [0.1, 0.15) is 18.6 Å². The van der Waals surface area contributed by atoms with E-state index in [0.29, 0.717) is 36.6 Å². The van der Waals surface area contributed by atoms with Crippen LogP contribution in [0, 0.1) is 5.92 Å². The standard InChI is InChI=1S/C16H19F3N6O/c1-21-13(14-11-4-5-22-15(11)23-9-25(14)20)10-3-2-6-24(8-10)12(26)7-16(17,18)19/h4-5,9-10,22H,1-3,6-8,20H2/b14-13-. The third kappa shape index (κ3) is 3.64. The largest absolute Gasteiger partial charge is 0.397 e. The Morgan fingerprint density at radius 1 is 1.50 bits per heavy atom. The van der Waals surface area contributed by atoms with Crippen LogP contribution in [-0.2, 0) is 4.79 Å². The molecule has 2 aliphatic rings. The quantitative estimate of drug-likeness (QED) is 0.634. The van der Waals surface area contributed by atoms with Gasteiger partial charge >= 0.3 is 6.18 Å². The average molecular weight is 368 g/mol. The smallest absolute Gasteiger partial charge is 0.346 e. The lowest BCUT2D eigenvalue weighted by atomic mass is 9.92. The van der Waals surface area contributed by atoms with Gasteiger partial charge in [0.15, 0.2) is 0 Å². The van der Waals surface area contributed by atoms with Crippen molar-refractivity contribution < 1.29 is 18.0 Å². The Morgan fingerprint density at radius 2 is 2.27 bits per heavy atom. The van der Waals surface area contributed by atoms with E-state index in [2.05, 4.69) is 21.7 Å². The minimum atomic E-state index is -4.52. The van der Waals surface area contributed by atoms with Gasteiger partial charge in [0.05, 0.1) is 11.4 Å². The van der Waals surface area contributed by atoms with Crippen molar-refractivity contribution in [2.24, 2.45) is 21.7 Å². The van der Waals surface area contributed by atoms with Gasteiger partial charge in [-0.25, -0.2) is 10.8 Å². The fourth-order valence-corrected chi connectivity index (χ4v) is 3.35. The van der Waals surface area contributed by atoms with Crippen molar-refractivity contribution in [2.45, 2.75) is 25.4 Å². The maximum absolute atomic E-state index is 12.5. The summed E-state index contributed by atoms with van der Waals surface area (Å²) in [6, 6.07) is 1.79. The molecule has 1 aromatic rings. The first-order valence-corrected chi connectivity index (χ1v) is 8.11. The number of hydrogen-bond acceptors (Lipinski definition) is 5. The van der Waals surface area contributed by atoms with E-state index in [4.69, 9.17) is 5.84 Å². The summed E-state index contributed by atoms with van der Waals surface area (Å²) in [6.07, 6.45) is -1.57. The number of nitrogens with zero attached hydrogens (tertiary/aromatic N) is 4. The molecule has 3 N–H and O–H groups in total. The number of hydrogen-bond donors (Lipinski definition) is 2. The van der Waals surface area contributed by atoms with Gasteiger partial charge in [-0.15, -0.1) is 0 Å². The molecule has 1 aromatic heterocycles. The topological polar surface area (TPSA) is 90.1 Å². The number of carbonyl (C=O) groups excluding carboxylic acids is 1. The molecule has 1 unspecified atom stereocenters. The second-order valence-electron chi connectivity index (χ2n) is 6.25. The third-order valence-corrected chi connectivity index (χ3v) is 4.48. The Balaban J connectivity index is 1.88. The number of amides is 1. The maximum atomic E-state index is 12.5. The Hall–Kier alpha value is -2.62. The van der Waals surface area contributed by atoms with Crippen molar-refractivity contribution in [3.05, 3.63) is 23.5 Å². The van der Waals surface area contributed by atoms with Gasteiger partial charge in [0, 0.05) is 30.8 Å². The molecule has 0 bridgehead atoms. The van der Waals surface area contributed by atoms with Crippen molar-refractivity contribution in [1.29, 1.82) is 0 Å². The highest BCUT2D eigenvalue weighted by atomic mass is 19.4. The lowest BCUT2D eigenvalue weighted by molar-refractivity contribution is -0.162. The number of aromatic nitrogens is 1. The van der Waals surface area contributed by atoms with Crippen LogP contribution in [0.15, 0.2) is 27.9 Å². The van der Waals surface area contributed by atoms with Gasteiger partial charge in [0.25, 0.3) is 0 Å². The van der Waals surface area contributed by atoms with Crippen LogP contribution in [0.5, 0.6) is 0 Å². The maximum Gasteiger partial charge on any atom is 0.397 e. The summed E-state index contributed by atoms with van der Waals surface area (Å²) in [6.45, 7) is 4.05. The fourth-order valence-electron chi connectivity index (χ4n) is 3.35. The number of hydrazine groups is 1. The highest BCUT2D eigenvalue weighted by Gasteiger charge is 2.36. The number of aromatic amines is 1. The molecule has 1 amide bonds. The van der Waals surface area contributed by atoms with Crippen LogP contribution in [0.25, 0.3) is 5.70 Å². The number of nitrogens with one attached hydrogen (secondary N) is 1. The summed E-state index contributed by atoms with van der Waals surface area (Å²) >= 11 is 0. The summed E-state index contributed by atoms with van der Waals surface area (Å²) in [7, 11) is 0. The second kappa shape index (κ2) is 6.94. The first-order valence-electron chi connectivity index (χ1n) is 8.11. The van der Waals surface area contributed by atoms with Gasteiger partial charge < -0.3 is 9.88 Å². The van der Waals surface area contributed by atoms with E-state index in [-0.39, 0.29) is 12.5 Å². The van der Waals surface area contributed by atoms with Crippen LogP contribution >= 0.6 is 0 Å². The second-order valence-corrected chi connectivity index (χ2v) is 6.25. The van der Waals surface area contributed by atoms with E-state index >= 15 is 0 Å². The number of rotatable bonds is 3. The first kappa shape index (κ1) is 18.2. The number of halogens is 3. The monoisotopic (exact) mass is 368 g/mol. The van der Waals surface area contributed by atoms with Crippen molar-refractivity contribution >= 4 is 30.5 Å². The zero-order valence-electron chi connectivity index (χ0n) is 14.0. The number of alkyl halides is 3. The first-order chi connectivity index (χ1) is 12.3. The number of aliphatic imine (C=N–C) groups is 2. The molecule has 2 aliphatic heterocycles.